The summed E-state index contributed by atoms with van der Waals surface area (Å²) >= 11 is 6.17. The fourth-order valence-electron chi connectivity index (χ4n) is 5.53. The van der Waals surface area contributed by atoms with Crippen LogP contribution in [0.4, 0.5) is 0 Å². The van der Waals surface area contributed by atoms with E-state index in [1.54, 1.807) is 60.4 Å². The number of carbonyl (C=O) groups is 2. The Labute approximate surface area is 227 Å². The fraction of sp³-hybridized carbons (Fsp3) is 0.423. The molecule has 2 aromatic carbocycles. The first-order valence-electron chi connectivity index (χ1n) is 12.4. The second-order valence-electron chi connectivity index (χ2n) is 9.88. The number of benzene rings is 2. The van der Waals surface area contributed by atoms with Crippen LogP contribution in [0.3, 0.4) is 0 Å². The lowest BCUT2D eigenvalue weighted by atomic mass is 9.76. The minimum absolute atomic E-state index is 0.164. The van der Waals surface area contributed by atoms with Crippen LogP contribution in [-0.2, 0) is 14.8 Å². The largest absolute Gasteiger partial charge is 0.409 e. The van der Waals surface area contributed by atoms with E-state index in [1.165, 1.54) is 0 Å². The van der Waals surface area contributed by atoms with Gasteiger partial charge in [-0.25, -0.2) is 13.1 Å². The molecule has 2 aliphatic rings. The van der Waals surface area contributed by atoms with Crippen molar-refractivity contribution in [1.82, 2.24) is 14.9 Å². The van der Waals surface area contributed by atoms with Crippen LogP contribution in [0.15, 0.2) is 53.7 Å². The maximum atomic E-state index is 14.1. The lowest BCUT2D eigenvalue weighted by Crippen LogP contribution is -2.59. The van der Waals surface area contributed by atoms with E-state index >= 15 is 0 Å². The molecule has 12 heteroatoms. The third-order valence-electron chi connectivity index (χ3n) is 7.24. The summed E-state index contributed by atoms with van der Waals surface area (Å²) in [6.07, 6.45) is 3.86. The van der Waals surface area contributed by atoms with Gasteiger partial charge < -0.3 is 21.2 Å². The lowest BCUT2D eigenvalue weighted by Gasteiger charge is -2.49. The predicted octanol–water partition coefficient (Wildman–Crippen LogP) is 2.73. The number of nitrogens with zero attached hydrogens (tertiary/aromatic N) is 2. The Morgan fingerprint density at radius 3 is 2.47 bits per heavy atom. The van der Waals surface area contributed by atoms with Crippen molar-refractivity contribution in [1.29, 1.82) is 0 Å². The molecule has 1 aliphatic heterocycles. The molecule has 4 rings (SSSR count). The summed E-state index contributed by atoms with van der Waals surface area (Å²) in [5, 5.41) is 15.4. The van der Waals surface area contributed by atoms with Gasteiger partial charge >= 0.3 is 0 Å². The summed E-state index contributed by atoms with van der Waals surface area (Å²) in [7, 11) is -3.55. The maximum Gasteiger partial charge on any atom is 0.255 e. The predicted molar refractivity (Wildman–Crippen MR) is 145 cm³/mol. The van der Waals surface area contributed by atoms with Gasteiger partial charge in [-0.05, 0) is 49.1 Å². The first kappa shape index (κ1) is 27.9. The number of hydrogen-bond donors (Lipinski definition) is 4. The lowest BCUT2D eigenvalue weighted by molar-refractivity contribution is -0.124. The smallest absolute Gasteiger partial charge is 0.255 e. The Kier molecular flexibility index (Phi) is 8.29. The Bertz CT molecular complexity index is 1330. The molecule has 1 fully saturated rings. The SMILES string of the molecule is CC(NC(=O)[C@@H]1c2ccccc2C(=O)N([C@H]2CCCC[C@@H]2NS(C)(=O)=O)[C@H]1c1ccc(Cl)cc1)/C(N)=N/O. The quantitative estimate of drug-likeness (QED) is 0.176. The molecule has 0 bridgehead atoms. The average molecular weight is 562 g/mol. The van der Waals surface area contributed by atoms with Gasteiger partial charge in [-0.15, -0.1) is 0 Å². The van der Waals surface area contributed by atoms with Crippen LogP contribution in [0.2, 0.25) is 5.02 Å². The average Bonchev–Trinajstić information content (AvgIpc) is 2.88. The number of carbonyl (C=O) groups excluding carboxylic acids is 2. The van der Waals surface area contributed by atoms with Crippen molar-refractivity contribution in [3.8, 4) is 0 Å². The van der Waals surface area contributed by atoms with Crippen molar-refractivity contribution in [3.63, 3.8) is 0 Å². The number of nitrogens with two attached hydrogens (primary N) is 1. The van der Waals surface area contributed by atoms with Crippen LogP contribution in [0.1, 0.15) is 66.1 Å². The fourth-order valence-corrected chi connectivity index (χ4v) is 6.48. The van der Waals surface area contributed by atoms with E-state index in [4.69, 9.17) is 22.5 Å². The minimum atomic E-state index is -3.55. The van der Waals surface area contributed by atoms with Crippen molar-refractivity contribution in [3.05, 3.63) is 70.2 Å². The van der Waals surface area contributed by atoms with E-state index < -0.39 is 46.0 Å². The first-order chi connectivity index (χ1) is 18.0. The number of amides is 2. The van der Waals surface area contributed by atoms with Crippen LogP contribution in [0.25, 0.3) is 0 Å². The molecule has 10 nitrogen and oxygen atoms in total. The van der Waals surface area contributed by atoms with Crippen molar-refractivity contribution < 1.29 is 23.2 Å². The molecule has 1 aliphatic carbocycles. The summed E-state index contributed by atoms with van der Waals surface area (Å²) in [5.74, 6) is -1.72. The zero-order valence-corrected chi connectivity index (χ0v) is 22.7. The Hall–Kier alpha value is -3.15. The number of fused-ring (bicyclic) bond motifs is 1. The number of oxime groups is 1. The molecule has 38 heavy (non-hydrogen) atoms. The maximum absolute atomic E-state index is 14.1. The van der Waals surface area contributed by atoms with Crippen LogP contribution >= 0.6 is 11.6 Å². The number of sulfonamides is 1. The van der Waals surface area contributed by atoms with E-state index in [2.05, 4.69) is 15.2 Å². The summed E-state index contributed by atoms with van der Waals surface area (Å²) in [6.45, 7) is 1.59. The Morgan fingerprint density at radius 1 is 1.16 bits per heavy atom. The zero-order valence-electron chi connectivity index (χ0n) is 21.2. The summed E-state index contributed by atoms with van der Waals surface area (Å²) < 4.78 is 27.2. The van der Waals surface area contributed by atoms with Crippen molar-refractivity contribution in [2.75, 3.05) is 6.26 Å². The summed E-state index contributed by atoms with van der Waals surface area (Å²) in [4.78, 5) is 29.7. The van der Waals surface area contributed by atoms with Gasteiger partial charge in [0, 0.05) is 22.7 Å². The van der Waals surface area contributed by atoms with E-state index in [0.717, 1.165) is 19.1 Å². The molecule has 2 aromatic rings. The van der Waals surface area contributed by atoms with Gasteiger partial charge in [-0.1, -0.05) is 59.9 Å². The number of amidine groups is 1. The summed E-state index contributed by atoms with van der Waals surface area (Å²) in [6, 6.07) is 11.3. The molecule has 2 amide bonds. The highest BCUT2D eigenvalue weighted by Gasteiger charge is 2.49. The van der Waals surface area contributed by atoms with Gasteiger partial charge in [0.25, 0.3) is 5.91 Å². The highest BCUT2D eigenvalue weighted by Crippen LogP contribution is 2.46. The normalized spacial score (nSPS) is 25.0. The van der Waals surface area contributed by atoms with Crippen LogP contribution in [0.5, 0.6) is 0 Å². The van der Waals surface area contributed by atoms with E-state index in [9.17, 15) is 18.0 Å². The monoisotopic (exact) mass is 561 g/mol. The van der Waals surface area contributed by atoms with Gasteiger partial charge in [-0.3, -0.25) is 9.59 Å². The standard InChI is InChI=1S/C26H32ClN5O5S/c1-15(24(28)30-35)29-25(33)22-18-7-3-4-8-19(18)26(34)32(23(22)16-11-13-17(27)14-12-16)21-10-6-5-9-20(21)31-38(2,36)37/h3-4,7-8,11-15,20-23,31,35H,5-6,9-10H2,1-2H3,(H2,28,30)(H,29,33)/t15?,20-,21-,22+,23-/m0/s1. The Morgan fingerprint density at radius 2 is 1.82 bits per heavy atom. The molecule has 0 aromatic heterocycles. The van der Waals surface area contributed by atoms with Crippen LogP contribution < -0.4 is 15.8 Å². The van der Waals surface area contributed by atoms with Gasteiger partial charge in [0.05, 0.1) is 24.3 Å². The number of hydrogen-bond acceptors (Lipinski definition) is 6. The zero-order chi connectivity index (χ0) is 27.6. The third-order valence-corrected chi connectivity index (χ3v) is 8.22. The van der Waals surface area contributed by atoms with Crippen LogP contribution in [0, 0.1) is 0 Å². The highest BCUT2D eigenvalue weighted by molar-refractivity contribution is 7.88. The van der Waals surface area contributed by atoms with Gasteiger partial charge in [0.15, 0.2) is 5.84 Å². The number of halogens is 1. The molecular weight excluding hydrogens is 530 g/mol. The molecule has 204 valence electrons. The minimum Gasteiger partial charge on any atom is -0.409 e. The number of rotatable bonds is 7. The van der Waals surface area contributed by atoms with Gasteiger partial charge in [0.2, 0.25) is 15.9 Å². The second kappa shape index (κ2) is 11.3. The van der Waals surface area contributed by atoms with Crippen molar-refractivity contribution >= 4 is 39.3 Å². The van der Waals surface area contributed by atoms with Crippen molar-refractivity contribution in [2.45, 2.75) is 62.7 Å². The topological polar surface area (TPSA) is 154 Å². The van der Waals surface area contributed by atoms with Crippen LogP contribution in [-0.4, -0.2) is 60.6 Å². The first-order valence-corrected chi connectivity index (χ1v) is 14.7. The molecule has 5 N–H and O–H groups in total. The summed E-state index contributed by atoms with van der Waals surface area (Å²) in [5.41, 5.74) is 7.33. The molecule has 1 saturated carbocycles. The number of nitrogens with one attached hydrogen (secondary N) is 2. The molecule has 0 spiro atoms. The molecule has 1 unspecified atom stereocenters. The third kappa shape index (κ3) is 5.79. The molecule has 0 saturated heterocycles. The van der Waals surface area contributed by atoms with Gasteiger partial charge in [0.1, 0.15) is 0 Å². The van der Waals surface area contributed by atoms with E-state index in [-0.39, 0.29) is 11.7 Å². The van der Waals surface area contributed by atoms with Gasteiger partial charge in [-0.2, -0.15) is 0 Å². The molecular formula is C26H32ClN5O5S. The highest BCUT2D eigenvalue weighted by atomic mass is 35.5. The molecule has 1 heterocycles. The van der Waals surface area contributed by atoms with E-state index in [0.29, 0.717) is 34.6 Å². The second-order valence-corrected chi connectivity index (χ2v) is 12.1. The van der Waals surface area contributed by atoms with Crippen molar-refractivity contribution in [2.24, 2.45) is 10.9 Å². The Balaban J connectivity index is 1.89. The molecule has 0 radical (unpaired) electrons. The molecule has 5 atom stereocenters. The van der Waals surface area contributed by atoms with E-state index in [1.807, 2.05) is 0 Å².